The molecule has 12 heteroatoms. The number of rotatable bonds is 5. The fourth-order valence-corrected chi connectivity index (χ4v) is 2.82. The first kappa shape index (κ1) is 19.7. The smallest absolute Gasteiger partial charge is 0.356 e. The van der Waals surface area contributed by atoms with Crippen molar-refractivity contribution in [3.8, 4) is 0 Å². The van der Waals surface area contributed by atoms with Crippen LogP contribution in [0.4, 0.5) is 0 Å². The molecule has 1 aromatic heterocycles. The third-order valence-electron chi connectivity index (χ3n) is 4.28. The average molecular weight is 395 g/mol. The van der Waals surface area contributed by atoms with Crippen LogP contribution in [0, 0.1) is 0 Å². The Morgan fingerprint density at radius 1 is 1.29 bits per heavy atom. The summed E-state index contributed by atoms with van der Waals surface area (Å²) in [5, 5.41) is 19.3. The van der Waals surface area contributed by atoms with Gasteiger partial charge in [-0.1, -0.05) is 0 Å². The summed E-state index contributed by atoms with van der Waals surface area (Å²) in [5.74, 6) is -2.35. The highest BCUT2D eigenvalue weighted by Crippen LogP contribution is 2.27. The van der Waals surface area contributed by atoms with E-state index in [0.717, 1.165) is 22.9 Å². The Hall–Kier alpha value is -3.09. The van der Waals surface area contributed by atoms with E-state index in [0.29, 0.717) is 5.06 Å². The number of hydrogen-bond donors (Lipinski definition) is 3. The van der Waals surface area contributed by atoms with E-state index in [2.05, 4.69) is 4.84 Å². The first-order chi connectivity index (χ1) is 13.3. The summed E-state index contributed by atoms with van der Waals surface area (Å²) < 4.78 is 6.38. The number of H-pyrrole nitrogens is 1. The number of carbonyl (C=O) groups is 3. The number of aromatic nitrogens is 2. The molecule has 0 radical (unpaired) electrons. The Kier molecular flexibility index (Phi) is 5.53. The van der Waals surface area contributed by atoms with Crippen LogP contribution in [-0.2, 0) is 24.0 Å². The molecular weight excluding hydrogens is 378 g/mol. The number of nitrogens with one attached hydrogen (secondary N) is 1. The topological polar surface area (TPSA) is 168 Å². The van der Waals surface area contributed by atoms with Crippen molar-refractivity contribution in [1.82, 2.24) is 14.6 Å². The third kappa shape index (κ3) is 3.93. The molecule has 150 valence electrons. The standard InChI is InChI=1S/C16H17N3O9/c20-7-10-9(21)5-13(27-10)18-6-8(15(25)17-16(18)26)1-4-14(24)28-19-11(22)2-3-12(19)23/h1,4,6,9-10,13,20-21H,2-3,5,7H2,(H,17,25,26)/b4-1+/t9?,10?,13-/m1/s1. The summed E-state index contributed by atoms with van der Waals surface area (Å²) in [6.45, 7) is -0.442. The maximum Gasteiger partial charge on any atom is 0.356 e. The molecule has 3 atom stereocenters. The van der Waals surface area contributed by atoms with Gasteiger partial charge < -0.3 is 19.8 Å². The maximum absolute atomic E-state index is 12.0. The molecule has 3 N–H and O–H groups in total. The van der Waals surface area contributed by atoms with E-state index in [4.69, 9.17) is 9.84 Å². The summed E-state index contributed by atoms with van der Waals surface area (Å²) in [6.07, 6.45) is 0.110. The number of ether oxygens (including phenoxy) is 1. The fraction of sp³-hybridized carbons (Fsp3) is 0.438. The van der Waals surface area contributed by atoms with Crippen LogP contribution in [0.1, 0.15) is 31.1 Å². The molecule has 2 aliphatic rings. The summed E-state index contributed by atoms with van der Waals surface area (Å²) in [7, 11) is 0. The minimum atomic E-state index is -1.06. The Balaban J connectivity index is 1.77. The van der Waals surface area contributed by atoms with Gasteiger partial charge in [0, 0.05) is 31.5 Å². The van der Waals surface area contributed by atoms with Crippen LogP contribution in [0.25, 0.3) is 6.08 Å². The minimum Gasteiger partial charge on any atom is -0.394 e. The number of nitrogens with zero attached hydrogens (tertiary/aromatic N) is 2. The van der Waals surface area contributed by atoms with Gasteiger partial charge in [0.2, 0.25) is 0 Å². The first-order valence-electron chi connectivity index (χ1n) is 8.35. The average Bonchev–Trinajstić information content (AvgIpc) is 3.17. The highest BCUT2D eigenvalue weighted by molar-refractivity contribution is 6.02. The van der Waals surface area contributed by atoms with E-state index in [1.165, 1.54) is 0 Å². The largest absolute Gasteiger partial charge is 0.394 e. The van der Waals surface area contributed by atoms with Crippen molar-refractivity contribution in [2.75, 3.05) is 6.61 Å². The maximum atomic E-state index is 12.0. The lowest BCUT2D eigenvalue weighted by Crippen LogP contribution is -2.33. The fourth-order valence-electron chi connectivity index (χ4n) is 2.82. The highest BCUT2D eigenvalue weighted by atomic mass is 16.7. The van der Waals surface area contributed by atoms with E-state index in [-0.39, 0.29) is 24.8 Å². The zero-order valence-electron chi connectivity index (χ0n) is 14.4. The Morgan fingerprint density at radius 2 is 1.96 bits per heavy atom. The molecule has 0 spiro atoms. The van der Waals surface area contributed by atoms with Crippen molar-refractivity contribution in [2.45, 2.75) is 37.7 Å². The number of amides is 2. The second-order valence-corrected chi connectivity index (χ2v) is 6.19. The van der Waals surface area contributed by atoms with Gasteiger partial charge in [-0.05, 0) is 6.08 Å². The van der Waals surface area contributed by atoms with Crippen LogP contribution in [-0.4, -0.2) is 61.4 Å². The zero-order chi connectivity index (χ0) is 20.4. The Bertz CT molecular complexity index is 931. The number of imide groups is 1. The number of aromatic amines is 1. The predicted molar refractivity (Wildman–Crippen MR) is 89.2 cm³/mol. The van der Waals surface area contributed by atoms with Crippen LogP contribution in [0.3, 0.4) is 0 Å². The van der Waals surface area contributed by atoms with Gasteiger partial charge in [-0.2, -0.15) is 0 Å². The first-order valence-corrected chi connectivity index (χ1v) is 8.35. The van der Waals surface area contributed by atoms with Gasteiger partial charge in [0.1, 0.15) is 12.3 Å². The van der Waals surface area contributed by atoms with E-state index in [9.17, 15) is 29.1 Å². The molecule has 2 saturated heterocycles. The molecule has 2 fully saturated rings. The molecule has 3 heterocycles. The van der Waals surface area contributed by atoms with E-state index in [1.807, 2.05) is 4.98 Å². The van der Waals surface area contributed by atoms with Gasteiger partial charge in [-0.3, -0.25) is 23.9 Å². The summed E-state index contributed by atoms with van der Waals surface area (Å²) >= 11 is 0. The van der Waals surface area contributed by atoms with Crippen molar-refractivity contribution >= 4 is 23.9 Å². The molecule has 0 aliphatic carbocycles. The lowest BCUT2D eigenvalue weighted by Gasteiger charge is -2.14. The number of carbonyl (C=O) groups excluding carboxylic acids is 3. The van der Waals surface area contributed by atoms with Crippen molar-refractivity contribution < 1.29 is 34.2 Å². The van der Waals surface area contributed by atoms with Crippen LogP contribution in [0.15, 0.2) is 21.9 Å². The van der Waals surface area contributed by atoms with Crippen molar-refractivity contribution in [3.05, 3.63) is 38.7 Å². The predicted octanol–water partition coefficient (Wildman–Crippen LogP) is -2.20. The quantitative estimate of drug-likeness (QED) is 0.370. The Morgan fingerprint density at radius 3 is 2.57 bits per heavy atom. The van der Waals surface area contributed by atoms with Crippen molar-refractivity contribution in [3.63, 3.8) is 0 Å². The zero-order valence-corrected chi connectivity index (χ0v) is 14.4. The van der Waals surface area contributed by atoms with E-state index < -0.39 is 54.1 Å². The summed E-state index contributed by atoms with van der Waals surface area (Å²) in [4.78, 5) is 65.2. The SMILES string of the molecule is O=C(/C=C/c1cn([C@H]2CC(O)C(CO)O2)c(=O)[nH]c1=O)ON1C(=O)CCC1=O. The van der Waals surface area contributed by atoms with Crippen LogP contribution >= 0.6 is 0 Å². The lowest BCUT2D eigenvalue weighted by molar-refractivity contribution is -0.193. The second kappa shape index (κ2) is 7.88. The second-order valence-electron chi connectivity index (χ2n) is 6.19. The van der Waals surface area contributed by atoms with Crippen molar-refractivity contribution in [1.29, 1.82) is 0 Å². The molecule has 0 aromatic carbocycles. The molecule has 0 saturated carbocycles. The van der Waals surface area contributed by atoms with E-state index in [1.54, 1.807) is 0 Å². The molecule has 2 unspecified atom stereocenters. The minimum absolute atomic E-state index is 0.0154. The van der Waals surface area contributed by atoms with E-state index >= 15 is 0 Å². The van der Waals surface area contributed by atoms with Gasteiger partial charge >= 0.3 is 11.7 Å². The van der Waals surface area contributed by atoms with Gasteiger partial charge in [0.25, 0.3) is 17.4 Å². The van der Waals surface area contributed by atoms with Gasteiger partial charge in [0.05, 0.1) is 18.3 Å². The molecule has 1 aromatic rings. The third-order valence-corrected chi connectivity index (χ3v) is 4.28. The van der Waals surface area contributed by atoms with Gasteiger partial charge in [-0.25, -0.2) is 9.59 Å². The molecule has 2 amide bonds. The van der Waals surface area contributed by atoms with Gasteiger partial charge in [0.15, 0.2) is 0 Å². The van der Waals surface area contributed by atoms with Gasteiger partial charge in [-0.15, -0.1) is 5.06 Å². The summed E-state index contributed by atoms with van der Waals surface area (Å²) in [5.41, 5.74) is -1.70. The normalized spacial score (nSPS) is 25.1. The monoisotopic (exact) mass is 395 g/mol. The molecule has 3 rings (SSSR count). The number of aliphatic hydroxyl groups is 2. The van der Waals surface area contributed by atoms with Crippen LogP contribution in [0.2, 0.25) is 0 Å². The molecular formula is C16H17N3O9. The van der Waals surface area contributed by atoms with Crippen LogP contribution in [0.5, 0.6) is 0 Å². The van der Waals surface area contributed by atoms with Crippen molar-refractivity contribution in [2.24, 2.45) is 0 Å². The number of aliphatic hydroxyl groups excluding tert-OH is 2. The van der Waals surface area contributed by atoms with Crippen LogP contribution < -0.4 is 11.2 Å². The lowest BCUT2D eigenvalue weighted by atomic mass is 10.2. The number of hydroxylamine groups is 2. The number of hydrogen-bond acceptors (Lipinski definition) is 9. The Labute approximate surface area is 156 Å². The highest BCUT2D eigenvalue weighted by Gasteiger charge is 2.35. The molecule has 28 heavy (non-hydrogen) atoms. The molecule has 12 nitrogen and oxygen atoms in total. The molecule has 0 bridgehead atoms. The molecule has 2 aliphatic heterocycles. The summed E-state index contributed by atoms with van der Waals surface area (Å²) in [6, 6.07) is 0.